The highest BCUT2D eigenvalue weighted by Crippen LogP contribution is 2.42. The minimum Gasteiger partial charge on any atom is -0.101 e. The van der Waals surface area contributed by atoms with Crippen molar-refractivity contribution in [1.82, 2.24) is 0 Å². The van der Waals surface area contributed by atoms with Crippen LogP contribution in [-0.2, 0) is 0 Å². The maximum Gasteiger partial charge on any atom is 0.140 e. The summed E-state index contributed by atoms with van der Waals surface area (Å²) in [6.45, 7) is 0. The molecule has 0 saturated heterocycles. The second kappa shape index (κ2) is 12.2. The van der Waals surface area contributed by atoms with E-state index in [1.165, 1.54) is 115 Å². The van der Waals surface area contributed by atoms with Crippen LogP contribution in [-0.4, -0.2) is 54.9 Å². The minimum absolute atomic E-state index is 1.23. The van der Waals surface area contributed by atoms with Crippen LogP contribution in [0.3, 0.4) is 0 Å². The van der Waals surface area contributed by atoms with Crippen molar-refractivity contribution in [3.63, 3.8) is 0 Å². The Morgan fingerprint density at radius 1 is 0.245 bits per heavy atom. The van der Waals surface area contributed by atoms with Gasteiger partial charge in [0.1, 0.15) is 54.9 Å². The predicted octanol–water partition coefficient (Wildman–Crippen LogP) is -0.377. The summed E-state index contributed by atoms with van der Waals surface area (Å²) < 4.78 is 0. The Hall–Kier alpha value is -5.01. The highest BCUT2D eigenvalue weighted by Gasteiger charge is 2.26. The van der Waals surface area contributed by atoms with Gasteiger partial charge in [-0.05, 0) is 82.9 Å². The molecule has 0 spiro atoms. The molecule has 0 aliphatic rings. The third-order valence-corrected chi connectivity index (χ3v) is 11.4. The predicted molar refractivity (Wildman–Crippen MR) is 238 cm³/mol. The number of rotatable bonds is 4. The Morgan fingerprint density at radius 3 is 1.18 bits per heavy atom. The molecule has 0 unspecified atom stereocenters. The third-order valence-electron chi connectivity index (χ3n) is 11.4. The van der Waals surface area contributed by atoms with Gasteiger partial charge in [-0.15, -0.1) is 10.9 Å². The molecule has 7 heteroatoms. The average Bonchev–Trinajstić information content (AvgIpc) is 3.15. The van der Waals surface area contributed by atoms with E-state index >= 15 is 0 Å². The van der Waals surface area contributed by atoms with Crippen LogP contribution in [0.4, 0.5) is 0 Å². The van der Waals surface area contributed by atoms with E-state index in [-0.39, 0.29) is 0 Å². The number of fused-ring (bicyclic) bond motifs is 3. The summed E-state index contributed by atoms with van der Waals surface area (Å²) in [6, 6.07) is 46.8. The standard InChI is InChI=1S/C42H35B7/c43-36-31(25-12-5-2-6-13-25)37(44)38(45)33-29(24-10-3-1-4-11-24)34-35(40(47)42(49)41(48)39(34)46)30(32(33)36)26-18-15-23(16-19-26)28-20-17-22-9-7-8-14-27(22)21-28/h1-21H,43-49H2. The molecule has 0 aromatic heterocycles. The summed E-state index contributed by atoms with van der Waals surface area (Å²) in [5.41, 5.74) is 19.9. The maximum absolute atomic E-state index is 2.36. The number of benzene rings is 8. The first-order valence-corrected chi connectivity index (χ1v) is 17.5. The van der Waals surface area contributed by atoms with Crippen LogP contribution < -0.4 is 38.2 Å². The van der Waals surface area contributed by atoms with Gasteiger partial charge in [0.15, 0.2) is 0 Å². The van der Waals surface area contributed by atoms with Gasteiger partial charge in [-0.1, -0.05) is 149 Å². The summed E-state index contributed by atoms with van der Waals surface area (Å²) in [6.07, 6.45) is 0. The van der Waals surface area contributed by atoms with Crippen molar-refractivity contribution in [1.29, 1.82) is 0 Å². The minimum atomic E-state index is 1.23. The second-order valence-corrected chi connectivity index (χ2v) is 13.9. The van der Waals surface area contributed by atoms with Crippen molar-refractivity contribution >= 4 is 125 Å². The fourth-order valence-electron chi connectivity index (χ4n) is 8.39. The Kier molecular flexibility index (Phi) is 7.76. The first kappa shape index (κ1) is 31.3. The van der Waals surface area contributed by atoms with Gasteiger partial charge < -0.3 is 0 Å². The third kappa shape index (κ3) is 4.94. The first-order valence-electron chi connectivity index (χ1n) is 17.5. The van der Waals surface area contributed by atoms with Crippen LogP contribution in [0, 0.1) is 0 Å². The van der Waals surface area contributed by atoms with Gasteiger partial charge in [-0.3, -0.25) is 0 Å². The van der Waals surface area contributed by atoms with E-state index in [0.717, 1.165) is 0 Å². The first-order chi connectivity index (χ1) is 23.8. The lowest BCUT2D eigenvalue weighted by molar-refractivity contribution is 1.63. The van der Waals surface area contributed by atoms with Crippen LogP contribution >= 0.6 is 0 Å². The summed E-state index contributed by atoms with van der Waals surface area (Å²) in [5, 5.41) is 8.01. The van der Waals surface area contributed by atoms with E-state index in [0.29, 0.717) is 0 Å². The van der Waals surface area contributed by atoms with E-state index in [4.69, 9.17) is 0 Å². The van der Waals surface area contributed by atoms with E-state index < -0.39 is 0 Å². The van der Waals surface area contributed by atoms with Crippen LogP contribution in [0.5, 0.6) is 0 Å². The van der Waals surface area contributed by atoms with Gasteiger partial charge in [0.25, 0.3) is 0 Å². The zero-order valence-corrected chi connectivity index (χ0v) is 29.6. The van der Waals surface area contributed by atoms with Gasteiger partial charge in [-0.25, -0.2) is 0 Å². The molecule has 0 N–H and O–H groups in total. The van der Waals surface area contributed by atoms with Gasteiger partial charge in [0, 0.05) is 0 Å². The zero-order valence-electron chi connectivity index (χ0n) is 29.6. The second-order valence-electron chi connectivity index (χ2n) is 13.9. The highest BCUT2D eigenvalue weighted by molar-refractivity contribution is 6.69. The van der Waals surface area contributed by atoms with Gasteiger partial charge in [0.2, 0.25) is 0 Å². The van der Waals surface area contributed by atoms with Crippen molar-refractivity contribution in [3.05, 3.63) is 127 Å². The Morgan fingerprint density at radius 2 is 0.633 bits per heavy atom. The summed E-state index contributed by atoms with van der Waals surface area (Å²) in [5.74, 6) is 0. The molecule has 0 radical (unpaired) electrons. The molecule has 8 rings (SSSR count). The molecule has 0 aliphatic carbocycles. The van der Waals surface area contributed by atoms with Crippen LogP contribution in [0.1, 0.15) is 0 Å². The van der Waals surface area contributed by atoms with Crippen molar-refractivity contribution in [2.24, 2.45) is 0 Å². The summed E-state index contributed by atoms with van der Waals surface area (Å²) in [7, 11) is 16.3. The lowest BCUT2D eigenvalue weighted by Gasteiger charge is -2.28. The molecule has 49 heavy (non-hydrogen) atoms. The van der Waals surface area contributed by atoms with Gasteiger partial charge in [0.05, 0.1) is 0 Å². The van der Waals surface area contributed by atoms with Crippen molar-refractivity contribution in [2.45, 2.75) is 0 Å². The molecule has 224 valence electrons. The lowest BCUT2D eigenvalue weighted by atomic mass is 9.60. The molecule has 0 nitrogen and oxygen atoms in total. The smallest absolute Gasteiger partial charge is 0.101 e. The zero-order chi connectivity index (χ0) is 34.0. The molecular weight excluding hydrogens is 580 g/mol. The Bertz CT molecular complexity index is 2600. The van der Waals surface area contributed by atoms with E-state index in [9.17, 15) is 0 Å². The summed E-state index contributed by atoms with van der Waals surface area (Å²) >= 11 is 0. The largest absolute Gasteiger partial charge is 0.140 e. The van der Waals surface area contributed by atoms with E-state index in [1.807, 2.05) is 0 Å². The molecule has 8 aromatic carbocycles. The normalized spacial score (nSPS) is 11.4. The van der Waals surface area contributed by atoms with E-state index in [1.54, 1.807) is 0 Å². The molecular formula is C42H35B7. The fourth-order valence-corrected chi connectivity index (χ4v) is 8.39. The molecule has 0 atom stereocenters. The van der Waals surface area contributed by atoms with Crippen LogP contribution in [0.15, 0.2) is 127 Å². The maximum atomic E-state index is 2.36. The van der Waals surface area contributed by atoms with Crippen molar-refractivity contribution < 1.29 is 0 Å². The lowest BCUT2D eigenvalue weighted by Crippen LogP contribution is -2.48. The molecule has 0 heterocycles. The molecule has 0 amide bonds. The Labute approximate surface area is 296 Å². The quantitative estimate of drug-likeness (QED) is 0.187. The SMILES string of the molecule is Bc1c(B)c(B)c2c(-c3ccc(-c4ccc5ccccc5c4)cc3)c3c(B)c(-c4ccccc4)c(B)c(B)c3c(-c3ccccc3)c2c1B. The average molecular weight is 615 g/mol. The van der Waals surface area contributed by atoms with Crippen molar-refractivity contribution in [3.8, 4) is 44.5 Å². The fraction of sp³-hybridized carbons (Fsp3) is 0. The molecule has 0 fully saturated rings. The molecule has 8 aromatic rings. The Balaban J connectivity index is 1.54. The van der Waals surface area contributed by atoms with E-state index in [2.05, 4.69) is 182 Å². The molecule has 0 aliphatic heterocycles. The number of hydrogen-bond donors (Lipinski definition) is 0. The van der Waals surface area contributed by atoms with Crippen molar-refractivity contribution in [2.75, 3.05) is 0 Å². The number of hydrogen-bond acceptors (Lipinski definition) is 0. The molecule has 0 saturated carbocycles. The molecule has 0 bridgehead atoms. The van der Waals surface area contributed by atoms with Gasteiger partial charge >= 0.3 is 0 Å². The van der Waals surface area contributed by atoms with Crippen LogP contribution in [0.2, 0.25) is 0 Å². The van der Waals surface area contributed by atoms with Gasteiger partial charge in [-0.2, -0.15) is 0 Å². The topological polar surface area (TPSA) is 0 Å². The summed E-state index contributed by atoms with van der Waals surface area (Å²) in [4.78, 5) is 0. The monoisotopic (exact) mass is 616 g/mol. The highest BCUT2D eigenvalue weighted by atomic mass is 14.3. The van der Waals surface area contributed by atoms with Crippen LogP contribution in [0.25, 0.3) is 76.8 Å².